The number of nitrogens with zero attached hydrogens (tertiary/aromatic N) is 5. The number of fused-ring (bicyclic) bond motifs is 2. The van der Waals surface area contributed by atoms with Crippen LogP contribution >= 0.6 is 11.6 Å². The van der Waals surface area contributed by atoms with Crippen LogP contribution in [0.2, 0.25) is 5.02 Å². The van der Waals surface area contributed by atoms with Crippen molar-refractivity contribution in [2.24, 2.45) is 0 Å². The van der Waals surface area contributed by atoms with E-state index in [4.69, 9.17) is 27.7 Å². The van der Waals surface area contributed by atoms with E-state index in [-0.39, 0.29) is 64.6 Å². The monoisotopic (exact) mass is 629 g/mol. The van der Waals surface area contributed by atoms with E-state index in [9.17, 15) is 20.1 Å². The summed E-state index contributed by atoms with van der Waals surface area (Å²) in [6, 6.07) is 4.09. The molecule has 4 heterocycles. The second kappa shape index (κ2) is 11.9. The number of aromatic nitrogens is 2. The van der Waals surface area contributed by atoms with Crippen LogP contribution in [0.5, 0.6) is 0 Å². The first-order valence-electron chi connectivity index (χ1n) is 14.4. The van der Waals surface area contributed by atoms with Crippen molar-refractivity contribution in [3.63, 3.8) is 0 Å². The number of piperazine rings is 1. The second-order valence-electron chi connectivity index (χ2n) is 11.4. The molecule has 5 rings (SSSR count). The van der Waals surface area contributed by atoms with Gasteiger partial charge in [-0.2, -0.15) is 0 Å². The summed E-state index contributed by atoms with van der Waals surface area (Å²) < 4.78 is 0. The first-order chi connectivity index (χ1) is 21.3. The number of hydrogen-bond acceptors (Lipinski definition) is 9. The Labute approximate surface area is 266 Å². The fraction of sp³-hybridized carbons (Fsp3) is 0.312. The minimum Gasteiger partial charge on any atom is -0.398 e. The lowest BCUT2D eigenvalue weighted by Crippen LogP contribution is -2.63. The number of amides is 2. The largest absolute Gasteiger partial charge is 0.398 e. The number of aryl methyl sites for hydroxylation is 2. The van der Waals surface area contributed by atoms with E-state index in [0.29, 0.717) is 28.2 Å². The van der Waals surface area contributed by atoms with Crippen molar-refractivity contribution >= 4 is 58.3 Å². The van der Waals surface area contributed by atoms with Crippen molar-refractivity contribution in [2.45, 2.75) is 45.9 Å². The molecular weight excluding hydrogens is 594 g/mol. The molecule has 3 aromatic rings. The molecule has 234 valence electrons. The molecule has 1 aromatic carbocycles. The summed E-state index contributed by atoms with van der Waals surface area (Å²) in [5, 5.41) is 31.7. The number of nitrogens with one attached hydrogen (secondary N) is 3. The number of rotatable bonds is 6. The van der Waals surface area contributed by atoms with Crippen LogP contribution in [-0.2, 0) is 9.59 Å². The van der Waals surface area contributed by atoms with E-state index < -0.39 is 12.1 Å². The molecule has 2 aliphatic heterocycles. The van der Waals surface area contributed by atoms with E-state index in [1.54, 1.807) is 48.2 Å². The highest BCUT2D eigenvalue weighted by molar-refractivity contribution is 6.38. The fourth-order valence-corrected chi connectivity index (χ4v) is 6.43. The number of halogens is 1. The summed E-state index contributed by atoms with van der Waals surface area (Å²) in [7, 11) is 1.58. The predicted molar refractivity (Wildman–Crippen MR) is 177 cm³/mol. The number of carbonyl (C=O) groups is 2. The van der Waals surface area contributed by atoms with Crippen molar-refractivity contribution in [3.05, 3.63) is 70.0 Å². The molecule has 13 heteroatoms. The number of aliphatic hydroxyl groups is 1. The lowest BCUT2D eigenvalue weighted by molar-refractivity contribution is -0.134. The number of pyridine rings is 2. The number of carbonyl (C=O) groups excluding carboxylic acids is 2. The molecule has 3 atom stereocenters. The van der Waals surface area contributed by atoms with Gasteiger partial charge in [-0.05, 0) is 57.0 Å². The van der Waals surface area contributed by atoms with Gasteiger partial charge in [0.05, 0.1) is 46.0 Å². The number of anilines is 4. The molecule has 0 saturated carbocycles. The summed E-state index contributed by atoms with van der Waals surface area (Å²) in [6.45, 7) is 11.0. The molecule has 12 nitrogen and oxygen atoms in total. The molecule has 0 spiro atoms. The van der Waals surface area contributed by atoms with Crippen molar-refractivity contribution in [1.29, 1.82) is 10.8 Å². The summed E-state index contributed by atoms with van der Waals surface area (Å²) in [5.74, 6) is -0.478. The van der Waals surface area contributed by atoms with E-state index in [1.165, 1.54) is 11.0 Å². The average molecular weight is 630 g/mol. The highest BCUT2D eigenvalue weighted by Gasteiger charge is 2.45. The normalized spacial score (nSPS) is 18.6. The molecule has 2 aromatic heterocycles. The first-order valence-corrected chi connectivity index (χ1v) is 14.8. The minimum atomic E-state index is -0.928. The number of likely N-dealkylation sites (N-methyl/N-ethyl adjacent to an activating group) is 1. The Bertz CT molecular complexity index is 1770. The zero-order valence-electron chi connectivity index (χ0n) is 25.8. The van der Waals surface area contributed by atoms with Crippen molar-refractivity contribution < 1.29 is 14.7 Å². The standard InChI is InChI=1S/C32H36ClN9O3/c1-7-22(44)41-14-21-32(45)40(6)29-24(30(36)42(21)13-17(41)4)31(38-26-16(3)10-11-37-27(26)18(5)43)39-28(25(29)33)23-15(2)8-9-20(35)19(23)12-34/h7-12,17-18,21,34,36,43H,1,13-14,35H2,2-6H3,(H,38,39). The third-order valence-corrected chi connectivity index (χ3v) is 8.84. The molecule has 2 aliphatic rings. The molecule has 1 saturated heterocycles. The van der Waals surface area contributed by atoms with Crippen molar-refractivity contribution in [3.8, 4) is 11.3 Å². The van der Waals surface area contributed by atoms with Gasteiger partial charge in [-0.3, -0.25) is 20.0 Å². The molecule has 45 heavy (non-hydrogen) atoms. The fourth-order valence-electron chi connectivity index (χ4n) is 6.07. The van der Waals surface area contributed by atoms with Crippen LogP contribution in [0.15, 0.2) is 37.1 Å². The van der Waals surface area contributed by atoms with Gasteiger partial charge in [-0.25, -0.2) is 4.98 Å². The number of aliphatic hydroxyl groups excluding tert-OH is 1. The van der Waals surface area contributed by atoms with Crippen LogP contribution in [0.3, 0.4) is 0 Å². The minimum absolute atomic E-state index is 0.00887. The summed E-state index contributed by atoms with van der Waals surface area (Å²) >= 11 is 7.18. The van der Waals surface area contributed by atoms with Crippen LogP contribution in [0.1, 0.15) is 47.9 Å². The van der Waals surface area contributed by atoms with Gasteiger partial charge in [-0.1, -0.05) is 24.2 Å². The maximum atomic E-state index is 14.2. The molecule has 0 aliphatic carbocycles. The molecule has 0 bridgehead atoms. The molecular formula is C32H36ClN9O3. The Morgan fingerprint density at radius 2 is 1.96 bits per heavy atom. The maximum Gasteiger partial charge on any atom is 0.251 e. The lowest BCUT2D eigenvalue weighted by Gasteiger charge is -2.44. The SMILES string of the molecule is C=CC(=O)N1CC2C(=O)N(C)c3c(Cl)c(-c4c(C)ccc(N)c4C=N)nc(Nc4c(C)ccnc4C(C)O)c3C(=N)N2CC1C. The average Bonchev–Trinajstić information content (AvgIpc) is 3.08. The molecule has 6 N–H and O–H groups in total. The van der Waals surface area contributed by atoms with Gasteiger partial charge in [0.15, 0.2) is 0 Å². The first kappa shape index (κ1) is 31.6. The smallest absolute Gasteiger partial charge is 0.251 e. The van der Waals surface area contributed by atoms with Gasteiger partial charge in [0.1, 0.15) is 17.7 Å². The van der Waals surface area contributed by atoms with Gasteiger partial charge in [0.2, 0.25) is 5.91 Å². The van der Waals surface area contributed by atoms with E-state index in [1.807, 2.05) is 20.8 Å². The van der Waals surface area contributed by atoms with Crippen molar-refractivity contribution in [2.75, 3.05) is 36.1 Å². The van der Waals surface area contributed by atoms with E-state index in [0.717, 1.165) is 17.3 Å². The Kier molecular flexibility index (Phi) is 8.39. The lowest BCUT2D eigenvalue weighted by atomic mass is 9.96. The van der Waals surface area contributed by atoms with Crippen LogP contribution in [0.25, 0.3) is 11.3 Å². The molecule has 1 fully saturated rings. The Balaban J connectivity index is 1.83. The second-order valence-corrected chi connectivity index (χ2v) is 11.8. The van der Waals surface area contributed by atoms with Crippen LogP contribution in [0, 0.1) is 24.7 Å². The number of hydrogen-bond donors (Lipinski definition) is 5. The number of amidine groups is 1. The Morgan fingerprint density at radius 3 is 2.60 bits per heavy atom. The summed E-state index contributed by atoms with van der Waals surface area (Å²) in [4.78, 5) is 40.9. The van der Waals surface area contributed by atoms with Gasteiger partial charge < -0.3 is 36.3 Å². The van der Waals surface area contributed by atoms with Gasteiger partial charge >= 0.3 is 0 Å². The van der Waals surface area contributed by atoms with Crippen molar-refractivity contribution in [1.82, 2.24) is 19.8 Å². The highest BCUT2D eigenvalue weighted by Crippen LogP contribution is 2.46. The van der Waals surface area contributed by atoms with Crippen LogP contribution < -0.4 is 16.0 Å². The number of nitrogens with two attached hydrogens (primary N) is 1. The van der Waals surface area contributed by atoms with Gasteiger partial charge in [-0.15, -0.1) is 0 Å². The highest BCUT2D eigenvalue weighted by atomic mass is 35.5. The topological polar surface area (TPSA) is 176 Å². The Hall–Kier alpha value is -4.81. The van der Waals surface area contributed by atoms with Gasteiger partial charge in [0, 0.05) is 48.9 Å². The third kappa shape index (κ3) is 5.19. The maximum absolute atomic E-state index is 14.2. The predicted octanol–water partition coefficient (Wildman–Crippen LogP) is 4.18. The van der Waals surface area contributed by atoms with Crippen LogP contribution in [0.4, 0.5) is 22.9 Å². The van der Waals surface area contributed by atoms with Crippen LogP contribution in [-0.4, -0.2) is 81.0 Å². The number of benzene rings is 1. The Morgan fingerprint density at radius 1 is 1.24 bits per heavy atom. The summed E-state index contributed by atoms with van der Waals surface area (Å²) in [5.41, 5.74) is 10.7. The molecule has 3 unspecified atom stereocenters. The molecule has 0 radical (unpaired) electrons. The van der Waals surface area contributed by atoms with E-state index >= 15 is 0 Å². The third-order valence-electron chi connectivity index (χ3n) is 8.48. The quantitative estimate of drug-likeness (QED) is 0.153. The van der Waals surface area contributed by atoms with E-state index in [2.05, 4.69) is 16.9 Å². The van der Waals surface area contributed by atoms with Gasteiger partial charge in [0.25, 0.3) is 5.91 Å². The zero-order chi connectivity index (χ0) is 32.9. The zero-order valence-corrected chi connectivity index (χ0v) is 26.5. The molecule has 2 amide bonds. The summed E-state index contributed by atoms with van der Waals surface area (Å²) in [6.07, 6.45) is 3.02. The number of nitrogen functional groups attached to an aromatic ring is 1.